The lowest BCUT2D eigenvalue weighted by Crippen LogP contribution is -2.12. The molecule has 110 valence electrons. The van der Waals surface area contributed by atoms with Crippen molar-refractivity contribution in [3.63, 3.8) is 0 Å². The Balaban J connectivity index is 1.70. The largest absolute Gasteiger partial charge is 0.431 e. The van der Waals surface area contributed by atoms with E-state index in [0.29, 0.717) is 16.5 Å². The molecule has 0 radical (unpaired) electrons. The zero-order valence-electron chi connectivity index (χ0n) is 11.3. The summed E-state index contributed by atoms with van der Waals surface area (Å²) in [7, 11) is 0. The zero-order valence-corrected chi connectivity index (χ0v) is 12.1. The second-order valence-electron chi connectivity index (χ2n) is 4.36. The minimum Gasteiger partial charge on any atom is -0.431 e. The van der Waals surface area contributed by atoms with Crippen LogP contribution in [0.15, 0.2) is 60.1 Å². The van der Waals surface area contributed by atoms with Crippen LogP contribution in [0.4, 0.5) is 10.1 Å². The molecule has 22 heavy (non-hydrogen) atoms. The van der Waals surface area contributed by atoms with Gasteiger partial charge >= 0.3 is 0 Å². The SMILES string of the molecule is O=C(Nc1ccccc1F)c1ccc(Oc2nccs2)cc1. The predicted molar refractivity (Wildman–Crippen MR) is 83.0 cm³/mol. The van der Waals surface area contributed by atoms with E-state index in [9.17, 15) is 9.18 Å². The first-order valence-corrected chi connectivity index (χ1v) is 7.33. The van der Waals surface area contributed by atoms with Crippen molar-refractivity contribution >= 4 is 22.9 Å². The number of nitrogens with one attached hydrogen (secondary N) is 1. The first kappa shape index (κ1) is 14.2. The quantitative estimate of drug-likeness (QED) is 0.780. The van der Waals surface area contributed by atoms with E-state index in [1.165, 1.54) is 23.5 Å². The lowest BCUT2D eigenvalue weighted by Gasteiger charge is -2.07. The van der Waals surface area contributed by atoms with E-state index in [0.717, 1.165) is 0 Å². The molecule has 0 spiro atoms. The highest BCUT2D eigenvalue weighted by Crippen LogP contribution is 2.23. The van der Waals surface area contributed by atoms with Gasteiger partial charge in [0.25, 0.3) is 11.1 Å². The number of thiazole rings is 1. The third kappa shape index (κ3) is 3.29. The van der Waals surface area contributed by atoms with E-state index in [-0.39, 0.29) is 11.6 Å². The molecule has 0 aliphatic rings. The van der Waals surface area contributed by atoms with Gasteiger partial charge in [0, 0.05) is 17.1 Å². The monoisotopic (exact) mass is 314 g/mol. The number of carbonyl (C=O) groups is 1. The van der Waals surface area contributed by atoms with Crippen molar-refractivity contribution < 1.29 is 13.9 Å². The summed E-state index contributed by atoms with van der Waals surface area (Å²) < 4.78 is 19.0. The zero-order chi connectivity index (χ0) is 15.4. The average molecular weight is 314 g/mol. The van der Waals surface area contributed by atoms with Crippen molar-refractivity contribution in [2.24, 2.45) is 0 Å². The highest BCUT2D eigenvalue weighted by atomic mass is 32.1. The number of rotatable bonds is 4. The molecule has 3 aromatic rings. The van der Waals surface area contributed by atoms with Crippen LogP contribution in [-0.4, -0.2) is 10.9 Å². The minimum atomic E-state index is -0.473. The van der Waals surface area contributed by atoms with Crippen LogP contribution in [0.3, 0.4) is 0 Å². The first-order valence-electron chi connectivity index (χ1n) is 6.46. The fourth-order valence-corrected chi connectivity index (χ4v) is 2.30. The van der Waals surface area contributed by atoms with Gasteiger partial charge in [-0.3, -0.25) is 4.79 Å². The summed E-state index contributed by atoms with van der Waals surface area (Å²) in [4.78, 5) is 16.1. The first-order chi connectivity index (χ1) is 10.7. The van der Waals surface area contributed by atoms with E-state index < -0.39 is 5.82 Å². The van der Waals surface area contributed by atoms with E-state index in [1.54, 1.807) is 42.6 Å². The van der Waals surface area contributed by atoms with Crippen LogP contribution in [0.2, 0.25) is 0 Å². The van der Waals surface area contributed by atoms with Crippen LogP contribution in [0.25, 0.3) is 0 Å². The van der Waals surface area contributed by atoms with Gasteiger partial charge < -0.3 is 10.1 Å². The van der Waals surface area contributed by atoms with Gasteiger partial charge in [-0.05, 0) is 36.4 Å². The summed E-state index contributed by atoms with van der Waals surface area (Å²) in [6.45, 7) is 0. The Morgan fingerprint density at radius 1 is 1.14 bits per heavy atom. The second-order valence-corrected chi connectivity index (χ2v) is 5.22. The van der Waals surface area contributed by atoms with Crippen molar-refractivity contribution in [1.82, 2.24) is 4.98 Å². The molecule has 1 amide bonds. The molecule has 6 heteroatoms. The number of halogens is 1. The maximum absolute atomic E-state index is 13.5. The highest BCUT2D eigenvalue weighted by Gasteiger charge is 2.09. The fourth-order valence-electron chi connectivity index (χ4n) is 1.79. The van der Waals surface area contributed by atoms with E-state index in [1.807, 2.05) is 5.38 Å². The molecule has 0 fully saturated rings. The Bertz CT molecular complexity index is 773. The maximum atomic E-state index is 13.5. The molecule has 0 saturated carbocycles. The highest BCUT2D eigenvalue weighted by molar-refractivity contribution is 7.11. The number of aromatic nitrogens is 1. The van der Waals surface area contributed by atoms with Gasteiger partial charge in [0.2, 0.25) is 0 Å². The Kier molecular flexibility index (Phi) is 4.11. The van der Waals surface area contributed by atoms with Crippen molar-refractivity contribution in [3.05, 3.63) is 71.5 Å². The predicted octanol–water partition coefficient (Wildman–Crippen LogP) is 4.33. The van der Waals surface area contributed by atoms with Crippen LogP contribution >= 0.6 is 11.3 Å². The van der Waals surface area contributed by atoms with Crippen molar-refractivity contribution in [3.8, 4) is 10.9 Å². The topological polar surface area (TPSA) is 51.2 Å². The van der Waals surface area contributed by atoms with Crippen LogP contribution < -0.4 is 10.1 Å². The number of anilines is 1. The van der Waals surface area contributed by atoms with Crippen LogP contribution in [-0.2, 0) is 0 Å². The van der Waals surface area contributed by atoms with Gasteiger partial charge in [-0.2, -0.15) is 0 Å². The van der Waals surface area contributed by atoms with E-state index in [2.05, 4.69) is 10.3 Å². The van der Waals surface area contributed by atoms with Crippen LogP contribution in [0.1, 0.15) is 10.4 Å². The van der Waals surface area contributed by atoms with Crippen LogP contribution in [0, 0.1) is 5.82 Å². The summed E-state index contributed by atoms with van der Waals surface area (Å²) in [5.41, 5.74) is 0.561. The maximum Gasteiger partial charge on any atom is 0.278 e. The minimum absolute atomic E-state index is 0.149. The van der Waals surface area contributed by atoms with Gasteiger partial charge in [0.15, 0.2) is 0 Å². The molecule has 0 aliphatic carbocycles. The molecular weight excluding hydrogens is 303 g/mol. The summed E-state index contributed by atoms with van der Waals surface area (Å²) >= 11 is 1.38. The lowest BCUT2D eigenvalue weighted by molar-refractivity contribution is 0.102. The second kappa shape index (κ2) is 6.36. The number of para-hydroxylation sites is 1. The van der Waals surface area contributed by atoms with Gasteiger partial charge in [0.05, 0.1) is 5.69 Å². The number of hydrogen-bond acceptors (Lipinski definition) is 4. The number of carbonyl (C=O) groups excluding carboxylic acids is 1. The molecule has 0 bridgehead atoms. The summed E-state index contributed by atoms with van der Waals surface area (Å²) in [5, 5.41) is 4.87. The fraction of sp³-hybridized carbons (Fsp3) is 0. The number of benzene rings is 2. The van der Waals surface area contributed by atoms with Crippen molar-refractivity contribution in [1.29, 1.82) is 0 Å². The molecule has 1 N–H and O–H groups in total. The van der Waals surface area contributed by atoms with Gasteiger partial charge in [-0.25, -0.2) is 9.37 Å². The standard InChI is InChI=1S/C16H11FN2O2S/c17-13-3-1-2-4-14(13)19-15(20)11-5-7-12(8-6-11)21-16-18-9-10-22-16/h1-10H,(H,19,20). The molecule has 0 unspecified atom stereocenters. The summed E-state index contributed by atoms with van der Waals surface area (Å²) in [6.07, 6.45) is 1.65. The molecule has 0 saturated heterocycles. The summed E-state index contributed by atoms with van der Waals surface area (Å²) in [6, 6.07) is 12.6. The number of ether oxygens (including phenoxy) is 1. The molecule has 0 aliphatic heterocycles. The summed E-state index contributed by atoms with van der Waals surface area (Å²) in [5.74, 6) is -0.275. The third-order valence-corrected chi connectivity index (χ3v) is 3.50. The number of nitrogens with zero attached hydrogens (tertiary/aromatic N) is 1. The van der Waals surface area contributed by atoms with E-state index >= 15 is 0 Å². The van der Waals surface area contributed by atoms with Crippen molar-refractivity contribution in [2.45, 2.75) is 0 Å². The molecule has 1 heterocycles. The molecule has 1 aromatic heterocycles. The Labute approximate surface area is 130 Å². The van der Waals surface area contributed by atoms with Crippen LogP contribution in [0.5, 0.6) is 10.9 Å². The molecular formula is C16H11FN2O2S. The molecule has 0 atom stereocenters. The molecule has 3 rings (SSSR count). The normalized spacial score (nSPS) is 10.2. The van der Waals surface area contributed by atoms with E-state index in [4.69, 9.17) is 4.74 Å². The Morgan fingerprint density at radius 3 is 2.59 bits per heavy atom. The molecule has 2 aromatic carbocycles. The van der Waals surface area contributed by atoms with Gasteiger partial charge in [-0.1, -0.05) is 23.5 Å². The van der Waals surface area contributed by atoms with Crippen molar-refractivity contribution in [2.75, 3.05) is 5.32 Å². The Hall–Kier alpha value is -2.73. The Morgan fingerprint density at radius 2 is 1.91 bits per heavy atom. The number of amides is 1. The lowest BCUT2D eigenvalue weighted by atomic mass is 10.2. The average Bonchev–Trinajstić information content (AvgIpc) is 3.03. The van der Waals surface area contributed by atoms with Gasteiger partial charge in [0.1, 0.15) is 11.6 Å². The molecule has 4 nitrogen and oxygen atoms in total. The smallest absolute Gasteiger partial charge is 0.278 e. The number of hydrogen-bond donors (Lipinski definition) is 1. The van der Waals surface area contributed by atoms with Gasteiger partial charge in [-0.15, -0.1) is 0 Å². The third-order valence-electron chi connectivity index (χ3n) is 2.85.